The summed E-state index contributed by atoms with van der Waals surface area (Å²) in [5, 5.41) is 11.6. The van der Waals surface area contributed by atoms with Gasteiger partial charge in [0.2, 0.25) is 0 Å². The van der Waals surface area contributed by atoms with Crippen molar-refractivity contribution in [3.63, 3.8) is 0 Å². The Bertz CT molecular complexity index is 717. The predicted octanol–water partition coefficient (Wildman–Crippen LogP) is 3.70. The van der Waals surface area contributed by atoms with E-state index in [4.69, 9.17) is 0 Å². The Morgan fingerprint density at radius 1 is 0.947 bits per heavy atom. The molecule has 0 atom stereocenters. The van der Waals surface area contributed by atoms with Crippen molar-refractivity contribution in [2.75, 3.05) is 0 Å². The van der Waals surface area contributed by atoms with E-state index < -0.39 is 0 Å². The van der Waals surface area contributed by atoms with Gasteiger partial charge in [0, 0.05) is 17.1 Å². The minimum absolute atomic E-state index is 0.0503. The lowest BCUT2D eigenvalue weighted by Gasteiger charge is -2.08. The molecule has 0 saturated carbocycles. The van der Waals surface area contributed by atoms with Crippen LogP contribution in [0.25, 0.3) is 22.0 Å². The summed E-state index contributed by atoms with van der Waals surface area (Å²) in [5.41, 5.74) is 4.24. The van der Waals surface area contributed by atoms with Gasteiger partial charge < -0.3 is 5.11 Å². The molecule has 1 heterocycles. The molecule has 0 radical (unpaired) electrons. The number of pyridine rings is 1. The number of hydrogen-bond acceptors (Lipinski definition) is 2. The summed E-state index contributed by atoms with van der Waals surface area (Å²) < 4.78 is 0. The van der Waals surface area contributed by atoms with E-state index in [2.05, 4.69) is 42.2 Å². The molecule has 0 unspecified atom stereocenters. The van der Waals surface area contributed by atoms with E-state index in [0.717, 1.165) is 27.6 Å². The number of aliphatic hydroxyl groups excluding tert-OH is 1. The van der Waals surface area contributed by atoms with Gasteiger partial charge in [-0.1, -0.05) is 48.0 Å². The van der Waals surface area contributed by atoms with Crippen LogP contribution >= 0.6 is 0 Å². The van der Waals surface area contributed by atoms with Crippen LogP contribution in [0.3, 0.4) is 0 Å². The molecule has 0 aliphatic carbocycles. The fraction of sp³-hybridized carbons (Fsp3) is 0.118. The van der Waals surface area contributed by atoms with E-state index in [1.807, 2.05) is 18.2 Å². The van der Waals surface area contributed by atoms with Gasteiger partial charge in [0.1, 0.15) is 0 Å². The number of benzene rings is 2. The lowest BCUT2D eigenvalue weighted by Crippen LogP contribution is -1.90. The third kappa shape index (κ3) is 2.11. The van der Waals surface area contributed by atoms with Crippen LogP contribution in [0.15, 0.2) is 54.7 Å². The van der Waals surface area contributed by atoms with Crippen LogP contribution in [0.2, 0.25) is 0 Å². The maximum absolute atomic E-state index is 9.41. The van der Waals surface area contributed by atoms with Crippen LogP contribution in [0, 0.1) is 6.92 Å². The van der Waals surface area contributed by atoms with Crippen molar-refractivity contribution in [2.24, 2.45) is 0 Å². The highest BCUT2D eigenvalue weighted by Crippen LogP contribution is 2.28. The molecule has 1 N–H and O–H groups in total. The third-order valence-electron chi connectivity index (χ3n) is 3.39. The van der Waals surface area contributed by atoms with Gasteiger partial charge >= 0.3 is 0 Å². The van der Waals surface area contributed by atoms with Gasteiger partial charge in [-0.25, -0.2) is 0 Å². The summed E-state index contributed by atoms with van der Waals surface area (Å²) in [6.07, 6.45) is 1.80. The number of fused-ring (bicyclic) bond motifs is 1. The maximum atomic E-state index is 9.41. The van der Waals surface area contributed by atoms with E-state index >= 15 is 0 Å². The highest BCUT2D eigenvalue weighted by atomic mass is 16.3. The number of rotatable bonds is 2. The van der Waals surface area contributed by atoms with Crippen molar-refractivity contribution in [2.45, 2.75) is 13.5 Å². The normalized spacial score (nSPS) is 10.8. The Balaban J connectivity index is 2.27. The quantitative estimate of drug-likeness (QED) is 0.751. The monoisotopic (exact) mass is 249 g/mol. The molecule has 0 aliphatic heterocycles. The number of aryl methyl sites for hydroxylation is 1. The lowest BCUT2D eigenvalue weighted by atomic mass is 10.00. The number of hydrogen-bond donors (Lipinski definition) is 1. The summed E-state index contributed by atoms with van der Waals surface area (Å²) in [5.74, 6) is 0. The van der Waals surface area contributed by atoms with Gasteiger partial charge in [-0.3, -0.25) is 4.98 Å². The van der Waals surface area contributed by atoms with E-state index in [0.29, 0.717) is 0 Å². The fourth-order valence-electron chi connectivity index (χ4n) is 2.35. The number of aliphatic hydroxyl groups is 1. The standard InChI is InChI=1S/C17H15NO/c1-12-5-7-13(8-6-12)17-16-4-2-3-14(11-19)15(16)9-10-18-17/h2-10,19H,11H2,1H3. The summed E-state index contributed by atoms with van der Waals surface area (Å²) in [7, 11) is 0. The molecule has 2 nitrogen and oxygen atoms in total. The van der Waals surface area contributed by atoms with Gasteiger partial charge in [0.25, 0.3) is 0 Å². The van der Waals surface area contributed by atoms with E-state index in [1.165, 1.54) is 5.56 Å². The predicted molar refractivity (Wildman–Crippen MR) is 77.8 cm³/mol. The molecule has 0 aliphatic rings. The second kappa shape index (κ2) is 4.82. The maximum Gasteiger partial charge on any atom is 0.0780 e. The number of nitrogens with zero attached hydrogens (tertiary/aromatic N) is 1. The molecule has 1 aromatic heterocycles. The Hall–Kier alpha value is -2.19. The molecular formula is C17H15NO. The van der Waals surface area contributed by atoms with E-state index in [-0.39, 0.29) is 6.61 Å². The highest BCUT2D eigenvalue weighted by molar-refractivity contribution is 5.96. The lowest BCUT2D eigenvalue weighted by molar-refractivity contribution is 0.283. The van der Waals surface area contributed by atoms with Crippen LogP contribution in [0.1, 0.15) is 11.1 Å². The van der Waals surface area contributed by atoms with Crippen LogP contribution < -0.4 is 0 Å². The first-order valence-corrected chi connectivity index (χ1v) is 6.34. The molecule has 0 bridgehead atoms. The summed E-state index contributed by atoms with van der Waals surface area (Å²) >= 11 is 0. The second-order valence-electron chi connectivity index (χ2n) is 4.70. The SMILES string of the molecule is Cc1ccc(-c2nccc3c(CO)cccc23)cc1. The number of aromatic nitrogens is 1. The Morgan fingerprint density at radius 2 is 1.74 bits per heavy atom. The Morgan fingerprint density at radius 3 is 2.47 bits per heavy atom. The first-order valence-electron chi connectivity index (χ1n) is 6.34. The van der Waals surface area contributed by atoms with Crippen molar-refractivity contribution >= 4 is 10.8 Å². The van der Waals surface area contributed by atoms with Crippen molar-refractivity contribution in [1.82, 2.24) is 4.98 Å². The van der Waals surface area contributed by atoms with Crippen LogP contribution in [0.4, 0.5) is 0 Å². The van der Waals surface area contributed by atoms with Gasteiger partial charge in [-0.2, -0.15) is 0 Å². The van der Waals surface area contributed by atoms with Crippen molar-refractivity contribution in [3.8, 4) is 11.3 Å². The molecule has 2 aromatic carbocycles. The summed E-state index contributed by atoms with van der Waals surface area (Å²) in [4.78, 5) is 4.50. The van der Waals surface area contributed by atoms with Crippen molar-refractivity contribution < 1.29 is 5.11 Å². The minimum atomic E-state index is 0.0503. The van der Waals surface area contributed by atoms with E-state index in [1.54, 1.807) is 6.20 Å². The van der Waals surface area contributed by atoms with Gasteiger partial charge in [-0.05, 0) is 23.9 Å². The van der Waals surface area contributed by atoms with Crippen LogP contribution in [-0.2, 0) is 6.61 Å². The van der Waals surface area contributed by atoms with Crippen LogP contribution in [-0.4, -0.2) is 10.1 Å². The topological polar surface area (TPSA) is 33.1 Å². The molecular weight excluding hydrogens is 234 g/mol. The molecule has 0 fully saturated rings. The third-order valence-corrected chi connectivity index (χ3v) is 3.39. The molecule has 94 valence electrons. The summed E-state index contributed by atoms with van der Waals surface area (Å²) in [6, 6.07) is 16.3. The first kappa shape index (κ1) is 11.9. The van der Waals surface area contributed by atoms with Crippen molar-refractivity contribution in [1.29, 1.82) is 0 Å². The minimum Gasteiger partial charge on any atom is -0.392 e. The molecule has 3 rings (SSSR count). The van der Waals surface area contributed by atoms with Gasteiger partial charge in [0.05, 0.1) is 12.3 Å². The molecule has 0 saturated heterocycles. The smallest absolute Gasteiger partial charge is 0.0780 e. The molecule has 19 heavy (non-hydrogen) atoms. The molecule has 0 spiro atoms. The largest absolute Gasteiger partial charge is 0.392 e. The Labute approximate surface area is 112 Å². The molecule has 0 amide bonds. The fourth-order valence-corrected chi connectivity index (χ4v) is 2.35. The average Bonchev–Trinajstić information content (AvgIpc) is 2.47. The summed E-state index contributed by atoms with van der Waals surface area (Å²) in [6.45, 7) is 2.12. The zero-order chi connectivity index (χ0) is 13.2. The van der Waals surface area contributed by atoms with Gasteiger partial charge in [-0.15, -0.1) is 0 Å². The Kier molecular flexibility index (Phi) is 3.02. The zero-order valence-electron chi connectivity index (χ0n) is 10.8. The van der Waals surface area contributed by atoms with E-state index in [9.17, 15) is 5.11 Å². The zero-order valence-corrected chi connectivity index (χ0v) is 10.8. The molecule has 3 aromatic rings. The first-order chi connectivity index (χ1) is 9.29. The molecule has 2 heteroatoms. The van der Waals surface area contributed by atoms with Gasteiger partial charge in [0.15, 0.2) is 0 Å². The second-order valence-corrected chi connectivity index (χ2v) is 4.70. The van der Waals surface area contributed by atoms with Crippen LogP contribution in [0.5, 0.6) is 0 Å². The van der Waals surface area contributed by atoms with Crippen molar-refractivity contribution in [3.05, 3.63) is 65.9 Å². The highest BCUT2D eigenvalue weighted by Gasteiger charge is 2.07. The average molecular weight is 249 g/mol.